The van der Waals surface area contributed by atoms with Gasteiger partial charge in [0.05, 0.1) is 17.7 Å². The number of anilines is 1. The number of imide groups is 2. The Hall–Kier alpha value is -4.21. The molecule has 1 aliphatic heterocycles. The SMILES string of the molecule is COc1cc(/C=C2\C(=O)NC(=O)N(c3cccc([N+](=O)[O-])c3)C2=O)cc(Cl)c1Cc1ccccc1Cl. The smallest absolute Gasteiger partial charge is 0.335 e. The molecule has 0 radical (unpaired) electrons. The summed E-state index contributed by atoms with van der Waals surface area (Å²) < 4.78 is 5.49. The number of halogens is 2. The number of hydrogen-bond donors (Lipinski definition) is 1. The summed E-state index contributed by atoms with van der Waals surface area (Å²) in [6.07, 6.45) is 1.65. The normalized spacial score (nSPS) is 14.7. The molecule has 0 bridgehead atoms. The number of nitro benzene ring substituents is 1. The van der Waals surface area contributed by atoms with Crippen LogP contribution >= 0.6 is 23.2 Å². The van der Waals surface area contributed by atoms with Crippen LogP contribution in [0.15, 0.2) is 66.2 Å². The minimum Gasteiger partial charge on any atom is -0.496 e. The van der Waals surface area contributed by atoms with Crippen LogP contribution in [0.5, 0.6) is 5.75 Å². The lowest BCUT2D eigenvalue weighted by molar-refractivity contribution is -0.384. The van der Waals surface area contributed by atoms with Crippen molar-refractivity contribution in [2.24, 2.45) is 0 Å². The number of ether oxygens (including phenoxy) is 1. The minimum atomic E-state index is -1.02. The van der Waals surface area contributed by atoms with Gasteiger partial charge in [-0.25, -0.2) is 9.69 Å². The summed E-state index contributed by atoms with van der Waals surface area (Å²) in [6, 6.07) is 14.4. The Bertz CT molecular complexity index is 1450. The lowest BCUT2D eigenvalue weighted by Gasteiger charge is -2.26. The number of carbonyl (C=O) groups is 3. The second kappa shape index (κ2) is 10.2. The van der Waals surface area contributed by atoms with Crippen molar-refractivity contribution in [1.29, 1.82) is 0 Å². The van der Waals surface area contributed by atoms with Gasteiger partial charge in [-0.15, -0.1) is 0 Å². The first kappa shape index (κ1) is 24.9. The van der Waals surface area contributed by atoms with Gasteiger partial charge in [-0.1, -0.05) is 47.5 Å². The first-order chi connectivity index (χ1) is 17.2. The number of carbonyl (C=O) groups excluding carboxylic acids is 3. The first-order valence-electron chi connectivity index (χ1n) is 10.5. The van der Waals surface area contributed by atoms with E-state index in [-0.39, 0.29) is 16.9 Å². The van der Waals surface area contributed by atoms with Crippen molar-refractivity contribution in [2.45, 2.75) is 6.42 Å². The Morgan fingerprint density at radius 3 is 2.47 bits per heavy atom. The Kier molecular flexibility index (Phi) is 7.05. The van der Waals surface area contributed by atoms with Crippen LogP contribution in [0.1, 0.15) is 16.7 Å². The van der Waals surface area contributed by atoms with Crippen molar-refractivity contribution < 1.29 is 24.0 Å². The van der Waals surface area contributed by atoms with E-state index in [0.717, 1.165) is 11.6 Å². The molecule has 9 nitrogen and oxygen atoms in total. The second-order valence-electron chi connectivity index (χ2n) is 7.69. The zero-order chi connectivity index (χ0) is 26.0. The van der Waals surface area contributed by atoms with Crippen LogP contribution in [-0.4, -0.2) is 29.9 Å². The largest absolute Gasteiger partial charge is 0.496 e. The van der Waals surface area contributed by atoms with E-state index in [1.165, 1.54) is 31.4 Å². The zero-order valence-electron chi connectivity index (χ0n) is 18.7. The predicted octanol–water partition coefficient (Wildman–Crippen LogP) is 5.17. The Balaban J connectivity index is 1.72. The highest BCUT2D eigenvalue weighted by Crippen LogP contribution is 2.34. The average molecular weight is 526 g/mol. The molecular weight excluding hydrogens is 509 g/mol. The van der Waals surface area contributed by atoms with Crippen molar-refractivity contribution >= 4 is 58.5 Å². The third kappa shape index (κ3) is 4.93. The fraction of sp³-hybridized carbons (Fsp3) is 0.0800. The van der Waals surface area contributed by atoms with Gasteiger partial charge in [0.15, 0.2) is 0 Å². The fourth-order valence-electron chi connectivity index (χ4n) is 3.70. The van der Waals surface area contributed by atoms with Gasteiger partial charge in [0.2, 0.25) is 0 Å². The number of barbiturate groups is 1. The molecule has 4 rings (SSSR count). The number of benzene rings is 3. The van der Waals surface area contributed by atoms with Gasteiger partial charge in [-0.05, 0) is 41.5 Å². The lowest BCUT2D eigenvalue weighted by Crippen LogP contribution is -2.54. The third-order valence-corrected chi connectivity index (χ3v) is 6.14. The van der Waals surface area contributed by atoms with Crippen LogP contribution in [0.25, 0.3) is 6.08 Å². The van der Waals surface area contributed by atoms with Crippen LogP contribution in [0, 0.1) is 10.1 Å². The van der Waals surface area contributed by atoms with Gasteiger partial charge in [0, 0.05) is 34.2 Å². The summed E-state index contributed by atoms with van der Waals surface area (Å²) >= 11 is 12.8. The maximum atomic E-state index is 13.1. The summed E-state index contributed by atoms with van der Waals surface area (Å²) in [6.45, 7) is 0. The van der Waals surface area contributed by atoms with Gasteiger partial charge in [0.25, 0.3) is 17.5 Å². The van der Waals surface area contributed by atoms with Gasteiger partial charge in [-0.3, -0.25) is 25.0 Å². The molecule has 0 saturated carbocycles. The highest BCUT2D eigenvalue weighted by Gasteiger charge is 2.37. The number of non-ortho nitro benzene ring substituents is 1. The molecule has 36 heavy (non-hydrogen) atoms. The monoisotopic (exact) mass is 525 g/mol. The van der Waals surface area contributed by atoms with E-state index >= 15 is 0 Å². The number of hydrogen-bond acceptors (Lipinski definition) is 6. The number of rotatable bonds is 6. The molecule has 3 aromatic carbocycles. The Morgan fingerprint density at radius 1 is 1.03 bits per heavy atom. The van der Waals surface area contributed by atoms with Crippen LogP contribution in [0.4, 0.5) is 16.2 Å². The van der Waals surface area contributed by atoms with Crippen LogP contribution in [-0.2, 0) is 16.0 Å². The van der Waals surface area contributed by atoms with Gasteiger partial charge in [0.1, 0.15) is 11.3 Å². The number of amides is 4. The molecule has 1 N–H and O–H groups in total. The third-order valence-electron chi connectivity index (χ3n) is 5.43. The van der Waals surface area contributed by atoms with Crippen molar-refractivity contribution in [1.82, 2.24) is 5.32 Å². The Morgan fingerprint density at radius 2 is 1.78 bits per heavy atom. The van der Waals surface area contributed by atoms with Crippen LogP contribution in [0.3, 0.4) is 0 Å². The Labute approximate surface area is 215 Å². The molecule has 11 heteroatoms. The molecule has 1 saturated heterocycles. The number of nitro groups is 1. The van der Waals surface area contributed by atoms with Crippen LogP contribution in [0.2, 0.25) is 10.0 Å². The molecule has 4 amide bonds. The lowest BCUT2D eigenvalue weighted by atomic mass is 10.00. The molecule has 0 aliphatic carbocycles. The maximum absolute atomic E-state index is 13.1. The maximum Gasteiger partial charge on any atom is 0.335 e. The molecule has 1 heterocycles. The van der Waals surface area contributed by atoms with Gasteiger partial charge >= 0.3 is 6.03 Å². The minimum absolute atomic E-state index is 0.0594. The molecule has 1 fully saturated rings. The van der Waals surface area contributed by atoms with Crippen LogP contribution < -0.4 is 15.0 Å². The van der Waals surface area contributed by atoms with E-state index in [1.807, 2.05) is 18.2 Å². The number of nitrogens with one attached hydrogen (secondary N) is 1. The molecule has 3 aromatic rings. The van der Waals surface area contributed by atoms with E-state index in [9.17, 15) is 24.5 Å². The van der Waals surface area contributed by atoms with E-state index in [1.54, 1.807) is 18.2 Å². The van der Waals surface area contributed by atoms with E-state index in [4.69, 9.17) is 27.9 Å². The van der Waals surface area contributed by atoms with Crippen molar-refractivity contribution in [3.8, 4) is 5.75 Å². The molecule has 0 aromatic heterocycles. The highest BCUT2D eigenvalue weighted by molar-refractivity contribution is 6.39. The summed E-state index contributed by atoms with van der Waals surface area (Å²) in [5, 5.41) is 14.1. The molecule has 1 aliphatic rings. The van der Waals surface area contributed by atoms with E-state index in [0.29, 0.717) is 38.2 Å². The number of urea groups is 1. The molecule has 0 atom stereocenters. The fourth-order valence-corrected chi connectivity index (χ4v) is 4.19. The van der Waals surface area contributed by atoms with Gasteiger partial charge < -0.3 is 4.74 Å². The average Bonchev–Trinajstić information content (AvgIpc) is 2.84. The quantitative estimate of drug-likeness (QED) is 0.205. The van der Waals surface area contributed by atoms with E-state index < -0.39 is 22.8 Å². The van der Waals surface area contributed by atoms with Crippen molar-refractivity contribution in [3.05, 3.63) is 103 Å². The first-order valence-corrected chi connectivity index (χ1v) is 11.2. The topological polar surface area (TPSA) is 119 Å². The molecule has 0 spiro atoms. The van der Waals surface area contributed by atoms with E-state index in [2.05, 4.69) is 5.32 Å². The van der Waals surface area contributed by atoms with Gasteiger partial charge in [-0.2, -0.15) is 0 Å². The molecule has 182 valence electrons. The number of methoxy groups -OCH3 is 1. The molecular formula is C25H17Cl2N3O6. The summed E-state index contributed by atoms with van der Waals surface area (Å²) in [5.41, 5.74) is 1.11. The summed E-state index contributed by atoms with van der Waals surface area (Å²) in [7, 11) is 1.46. The number of nitrogens with zero attached hydrogens (tertiary/aromatic N) is 2. The summed E-state index contributed by atoms with van der Waals surface area (Å²) in [4.78, 5) is 49.2. The highest BCUT2D eigenvalue weighted by atomic mass is 35.5. The van der Waals surface area contributed by atoms with Crippen molar-refractivity contribution in [2.75, 3.05) is 12.0 Å². The standard InChI is InChI=1S/C25H17Cl2N3O6/c1-36-22-11-14(10-21(27)18(22)12-15-5-2-3-8-20(15)26)9-19-23(31)28-25(33)29(24(19)32)16-6-4-7-17(13-16)30(34)35/h2-11,13H,12H2,1H3,(H,28,31,33)/b19-9+. The summed E-state index contributed by atoms with van der Waals surface area (Å²) in [5.74, 6) is -1.45. The zero-order valence-corrected chi connectivity index (χ0v) is 20.2. The van der Waals surface area contributed by atoms with Crippen molar-refractivity contribution in [3.63, 3.8) is 0 Å². The second-order valence-corrected chi connectivity index (χ2v) is 8.50. The predicted molar refractivity (Wildman–Crippen MR) is 134 cm³/mol. The molecule has 0 unspecified atom stereocenters.